The van der Waals surface area contributed by atoms with Crippen molar-refractivity contribution in [2.24, 2.45) is 5.92 Å². The summed E-state index contributed by atoms with van der Waals surface area (Å²) in [6.45, 7) is 0.566. The predicted octanol–water partition coefficient (Wildman–Crippen LogP) is 3.63. The van der Waals surface area contributed by atoms with Gasteiger partial charge >= 0.3 is 0 Å². The van der Waals surface area contributed by atoms with Crippen LogP contribution in [-0.2, 0) is 11.3 Å². The average molecular weight is 305 g/mol. The van der Waals surface area contributed by atoms with E-state index in [4.69, 9.17) is 9.47 Å². The normalized spacial score (nSPS) is 14.9. The highest BCUT2D eigenvalue weighted by molar-refractivity contribution is 5.76. The van der Waals surface area contributed by atoms with Crippen LogP contribution in [0.15, 0.2) is 18.2 Å². The predicted molar refractivity (Wildman–Crippen MR) is 87.2 cm³/mol. The summed E-state index contributed by atoms with van der Waals surface area (Å²) in [6.07, 6.45) is 6.94. The van der Waals surface area contributed by atoms with Gasteiger partial charge in [0, 0.05) is 31.6 Å². The van der Waals surface area contributed by atoms with E-state index < -0.39 is 0 Å². The fourth-order valence-corrected chi connectivity index (χ4v) is 3.14. The van der Waals surface area contributed by atoms with Crippen LogP contribution in [0.4, 0.5) is 0 Å². The number of benzene rings is 1. The molecule has 0 aromatic heterocycles. The van der Waals surface area contributed by atoms with E-state index in [9.17, 15) is 4.79 Å². The lowest BCUT2D eigenvalue weighted by Crippen LogP contribution is -2.26. The highest BCUT2D eigenvalue weighted by Crippen LogP contribution is 2.29. The van der Waals surface area contributed by atoms with Crippen LogP contribution in [0.1, 0.15) is 44.1 Å². The van der Waals surface area contributed by atoms with E-state index in [1.807, 2.05) is 25.2 Å². The molecule has 0 spiro atoms. The van der Waals surface area contributed by atoms with Gasteiger partial charge in [0.1, 0.15) is 11.5 Å². The molecule has 1 amide bonds. The molecule has 4 nitrogen and oxygen atoms in total. The van der Waals surface area contributed by atoms with Crippen molar-refractivity contribution in [3.05, 3.63) is 23.8 Å². The summed E-state index contributed by atoms with van der Waals surface area (Å²) in [6, 6.07) is 5.71. The zero-order chi connectivity index (χ0) is 15.9. The molecule has 1 aliphatic rings. The van der Waals surface area contributed by atoms with Crippen molar-refractivity contribution in [3.8, 4) is 11.5 Å². The van der Waals surface area contributed by atoms with Gasteiger partial charge in [0.25, 0.3) is 0 Å². The van der Waals surface area contributed by atoms with E-state index in [1.165, 1.54) is 25.7 Å². The van der Waals surface area contributed by atoms with Crippen molar-refractivity contribution in [2.75, 3.05) is 21.3 Å². The summed E-state index contributed by atoms with van der Waals surface area (Å²) >= 11 is 0. The number of ether oxygens (including phenoxy) is 2. The average Bonchev–Trinajstić information content (AvgIpc) is 3.06. The van der Waals surface area contributed by atoms with Crippen molar-refractivity contribution in [2.45, 2.75) is 45.1 Å². The molecule has 1 aromatic rings. The topological polar surface area (TPSA) is 38.8 Å². The number of methoxy groups -OCH3 is 2. The molecule has 1 aromatic carbocycles. The maximum absolute atomic E-state index is 12.3. The van der Waals surface area contributed by atoms with Crippen molar-refractivity contribution >= 4 is 5.91 Å². The molecule has 0 N–H and O–H groups in total. The number of rotatable bonds is 7. The second kappa shape index (κ2) is 8.06. The molecular weight excluding hydrogens is 278 g/mol. The van der Waals surface area contributed by atoms with E-state index in [0.717, 1.165) is 29.4 Å². The van der Waals surface area contributed by atoms with Crippen LogP contribution in [0.5, 0.6) is 11.5 Å². The maximum atomic E-state index is 12.3. The second-order valence-corrected chi connectivity index (χ2v) is 6.12. The lowest BCUT2D eigenvalue weighted by molar-refractivity contribution is -0.130. The zero-order valence-electron chi connectivity index (χ0n) is 13.9. The fourth-order valence-electron chi connectivity index (χ4n) is 3.14. The van der Waals surface area contributed by atoms with Gasteiger partial charge < -0.3 is 14.4 Å². The zero-order valence-corrected chi connectivity index (χ0v) is 13.9. The molecule has 0 heterocycles. The van der Waals surface area contributed by atoms with Gasteiger partial charge in [0.15, 0.2) is 0 Å². The van der Waals surface area contributed by atoms with E-state index in [0.29, 0.717) is 13.0 Å². The maximum Gasteiger partial charge on any atom is 0.222 e. The van der Waals surface area contributed by atoms with Gasteiger partial charge in [-0.15, -0.1) is 0 Å². The molecule has 22 heavy (non-hydrogen) atoms. The number of nitrogens with zero attached hydrogens (tertiary/aromatic N) is 1. The first-order chi connectivity index (χ1) is 10.6. The number of carbonyl (C=O) groups excluding carboxylic acids is 1. The Balaban J connectivity index is 1.89. The minimum Gasteiger partial charge on any atom is -0.497 e. The van der Waals surface area contributed by atoms with Crippen LogP contribution in [0.25, 0.3) is 0 Å². The summed E-state index contributed by atoms with van der Waals surface area (Å²) in [7, 11) is 5.13. The molecule has 1 saturated carbocycles. The van der Waals surface area contributed by atoms with Crippen LogP contribution in [0, 0.1) is 5.92 Å². The first kappa shape index (κ1) is 16.7. The summed E-state index contributed by atoms with van der Waals surface area (Å²) in [5, 5.41) is 0. The van der Waals surface area contributed by atoms with Crippen LogP contribution < -0.4 is 9.47 Å². The Bertz CT molecular complexity index is 495. The molecule has 122 valence electrons. The Morgan fingerprint density at radius 2 is 1.95 bits per heavy atom. The van der Waals surface area contributed by atoms with Crippen molar-refractivity contribution in [1.29, 1.82) is 0 Å². The van der Waals surface area contributed by atoms with E-state index in [2.05, 4.69) is 0 Å². The van der Waals surface area contributed by atoms with Crippen LogP contribution >= 0.6 is 0 Å². The van der Waals surface area contributed by atoms with Crippen LogP contribution in [0.3, 0.4) is 0 Å². The molecule has 0 saturated heterocycles. The van der Waals surface area contributed by atoms with Crippen LogP contribution in [-0.4, -0.2) is 32.1 Å². The third-order valence-corrected chi connectivity index (χ3v) is 4.57. The third kappa shape index (κ3) is 4.39. The molecule has 1 fully saturated rings. The standard InChI is InChI=1S/C18H27NO3/c1-19(18(20)11-8-14-6-4-5-7-14)13-15-9-10-16(21-2)12-17(15)22-3/h9-10,12,14H,4-8,11,13H2,1-3H3. The van der Waals surface area contributed by atoms with Gasteiger partial charge in [-0.25, -0.2) is 0 Å². The second-order valence-electron chi connectivity index (χ2n) is 6.12. The van der Waals surface area contributed by atoms with Crippen LogP contribution in [0.2, 0.25) is 0 Å². The Kier molecular flexibility index (Phi) is 6.10. The van der Waals surface area contributed by atoms with Crippen molar-refractivity contribution in [1.82, 2.24) is 4.90 Å². The van der Waals surface area contributed by atoms with Gasteiger partial charge in [-0.1, -0.05) is 25.7 Å². The fraction of sp³-hybridized carbons (Fsp3) is 0.611. The Labute approximate surface area is 133 Å². The Morgan fingerprint density at radius 1 is 1.23 bits per heavy atom. The Hall–Kier alpha value is -1.71. The summed E-state index contributed by atoms with van der Waals surface area (Å²) in [4.78, 5) is 14.1. The number of amides is 1. The first-order valence-corrected chi connectivity index (χ1v) is 8.09. The highest BCUT2D eigenvalue weighted by atomic mass is 16.5. The first-order valence-electron chi connectivity index (χ1n) is 8.09. The largest absolute Gasteiger partial charge is 0.497 e. The summed E-state index contributed by atoms with van der Waals surface area (Å²) in [5.74, 6) is 2.49. The molecule has 1 aliphatic carbocycles. The quantitative estimate of drug-likeness (QED) is 0.772. The molecule has 4 heteroatoms. The third-order valence-electron chi connectivity index (χ3n) is 4.57. The number of hydrogen-bond donors (Lipinski definition) is 0. The van der Waals surface area contributed by atoms with E-state index in [-0.39, 0.29) is 5.91 Å². The molecule has 2 rings (SSSR count). The summed E-state index contributed by atoms with van der Waals surface area (Å²) in [5.41, 5.74) is 1.00. The number of carbonyl (C=O) groups is 1. The van der Waals surface area contributed by atoms with Gasteiger partial charge in [0.2, 0.25) is 5.91 Å². The molecule has 0 aliphatic heterocycles. The monoisotopic (exact) mass is 305 g/mol. The van der Waals surface area contributed by atoms with Gasteiger partial charge in [-0.3, -0.25) is 4.79 Å². The van der Waals surface area contributed by atoms with Gasteiger partial charge in [0.05, 0.1) is 14.2 Å². The number of hydrogen-bond acceptors (Lipinski definition) is 3. The van der Waals surface area contributed by atoms with E-state index >= 15 is 0 Å². The molecule has 0 bridgehead atoms. The SMILES string of the molecule is COc1ccc(CN(C)C(=O)CCC2CCCC2)c(OC)c1. The van der Waals surface area contributed by atoms with E-state index in [1.54, 1.807) is 19.1 Å². The lowest BCUT2D eigenvalue weighted by Gasteiger charge is -2.20. The van der Waals surface area contributed by atoms with Gasteiger partial charge in [-0.2, -0.15) is 0 Å². The lowest BCUT2D eigenvalue weighted by atomic mass is 10.0. The minimum absolute atomic E-state index is 0.213. The van der Waals surface area contributed by atoms with Gasteiger partial charge in [-0.05, 0) is 24.5 Å². The van der Waals surface area contributed by atoms with Crippen molar-refractivity contribution < 1.29 is 14.3 Å². The minimum atomic E-state index is 0.213. The molecule has 0 unspecified atom stereocenters. The van der Waals surface area contributed by atoms with Crippen molar-refractivity contribution in [3.63, 3.8) is 0 Å². The summed E-state index contributed by atoms with van der Waals surface area (Å²) < 4.78 is 10.6. The molecule has 0 atom stereocenters. The molecule has 0 radical (unpaired) electrons. The smallest absolute Gasteiger partial charge is 0.222 e. The highest BCUT2D eigenvalue weighted by Gasteiger charge is 2.18. The molecular formula is C18H27NO3. The Morgan fingerprint density at radius 3 is 2.59 bits per heavy atom.